The van der Waals surface area contributed by atoms with Gasteiger partial charge in [0.15, 0.2) is 0 Å². The molecule has 0 aromatic carbocycles. The molecule has 1 saturated heterocycles. The number of nitrogens with two attached hydrogens (primary N) is 1. The second kappa shape index (κ2) is 4.92. The topological polar surface area (TPSA) is 45.4 Å². The van der Waals surface area contributed by atoms with Crippen molar-refractivity contribution in [1.29, 1.82) is 0 Å². The van der Waals surface area contributed by atoms with Crippen molar-refractivity contribution < 1.29 is 0 Å². The monoisotopic (exact) mass is 234 g/mol. The van der Waals surface area contributed by atoms with Gasteiger partial charge in [-0.2, -0.15) is 0 Å². The van der Waals surface area contributed by atoms with Crippen LogP contribution in [0.3, 0.4) is 0 Å². The van der Waals surface area contributed by atoms with Crippen molar-refractivity contribution in [2.24, 2.45) is 0 Å². The maximum Gasteiger partial charge on any atom is 0.131 e. The molecule has 4 nitrogen and oxygen atoms in total. The van der Waals surface area contributed by atoms with E-state index in [1.807, 2.05) is 6.07 Å². The van der Waals surface area contributed by atoms with Crippen LogP contribution in [0.5, 0.6) is 0 Å². The van der Waals surface area contributed by atoms with Crippen molar-refractivity contribution in [3.05, 3.63) is 17.8 Å². The van der Waals surface area contributed by atoms with Gasteiger partial charge in [-0.1, -0.05) is 0 Å². The minimum atomic E-state index is 0.559. The van der Waals surface area contributed by atoms with Crippen LogP contribution in [0.25, 0.3) is 0 Å². The molecule has 0 radical (unpaired) electrons. The van der Waals surface area contributed by atoms with Crippen LogP contribution in [-0.4, -0.2) is 43.1 Å². The molecule has 0 spiro atoms. The Morgan fingerprint density at radius 2 is 2.29 bits per heavy atom. The largest absolute Gasteiger partial charge is 0.397 e. The normalized spacial score (nSPS) is 21.5. The number of anilines is 2. The van der Waals surface area contributed by atoms with Crippen molar-refractivity contribution in [1.82, 2.24) is 9.88 Å². The van der Waals surface area contributed by atoms with Gasteiger partial charge in [0.05, 0.1) is 11.9 Å². The number of nitrogens with zero attached hydrogens (tertiary/aromatic N) is 3. The average molecular weight is 234 g/mol. The van der Waals surface area contributed by atoms with Crippen LogP contribution < -0.4 is 10.6 Å². The Kier molecular flexibility index (Phi) is 3.52. The Labute approximate surface area is 103 Å². The van der Waals surface area contributed by atoms with Crippen LogP contribution in [0.1, 0.15) is 18.4 Å². The van der Waals surface area contributed by atoms with E-state index < -0.39 is 0 Å². The highest BCUT2D eigenvalue weighted by molar-refractivity contribution is 5.52. The maximum absolute atomic E-state index is 5.74. The number of rotatable bonds is 2. The second-order valence-corrected chi connectivity index (χ2v) is 5.08. The van der Waals surface area contributed by atoms with Crippen molar-refractivity contribution in [3.63, 3.8) is 0 Å². The summed E-state index contributed by atoms with van der Waals surface area (Å²) in [6.45, 7) is 4.39. The zero-order valence-corrected chi connectivity index (χ0v) is 11.0. The predicted octanol–water partition coefficient (Wildman–Crippen LogP) is 1.50. The van der Waals surface area contributed by atoms with Gasteiger partial charge in [-0.15, -0.1) is 0 Å². The summed E-state index contributed by atoms with van der Waals surface area (Å²) >= 11 is 0. The molecule has 0 amide bonds. The van der Waals surface area contributed by atoms with Crippen molar-refractivity contribution >= 4 is 11.5 Å². The molecule has 0 aliphatic carbocycles. The zero-order valence-electron chi connectivity index (χ0n) is 11.0. The van der Waals surface area contributed by atoms with E-state index in [1.165, 1.54) is 19.4 Å². The first-order valence-electron chi connectivity index (χ1n) is 6.21. The summed E-state index contributed by atoms with van der Waals surface area (Å²) in [7, 11) is 4.32. The van der Waals surface area contributed by atoms with E-state index in [0.29, 0.717) is 6.04 Å². The Balaban J connectivity index is 2.15. The predicted molar refractivity (Wildman–Crippen MR) is 72.3 cm³/mol. The third kappa shape index (κ3) is 2.69. The minimum Gasteiger partial charge on any atom is -0.397 e. The van der Waals surface area contributed by atoms with Crippen LogP contribution >= 0.6 is 0 Å². The molecule has 2 N–H and O–H groups in total. The van der Waals surface area contributed by atoms with E-state index in [0.717, 1.165) is 23.6 Å². The number of likely N-dealkylation sites (N-methyl/N-ethyl adjacent to an activating group) is 2. The fourth-order valence-electron chi connectivity index (χ4n) is 2.59. The Hall–Kier alpha value is -1.29. The fraction of sp³-hybridized carbons (Fsp3) is 0.615. The molecule has 4 heteroatoms. The highest BCUT2D eigenvalue weighted by Crippen LogP contribution is 2.23. The van der Waals surface area contributed by atoms with Crippen LogP contribution in [0.2, 0.25) is 0 Å². The molecule has 1 aromatic rings. The Morgan fingerprint density at radius 1 is 1.53 bits per heavy atom. The van der Waals surface area contributed by atoms with Crippen molar-refractivity contribution in [3.8, 4) is 0 Å². The molecule has 0 bridgehead atoms. The lowest BCUT2D eigenvalue weighted by Crippen LogP contribution is -2.45. The summed E-state index contributed by atoms with van der Waals surface area (Å²) in [6.07, 6.45) is 4.25. The number of nitrogen functional groups attached to an aromatic ring is 1. The molecule has 1 fully saturated rings. The summed E-state index contributed by atoms with van der Waals surface area (Å²) in [5, 5.41) is 0. The highest BCUT2D eigenvalue weighted by atomic mass is 15.2. The van der Waals surface area contributed by atoms with Crippen molar-refractivity contribution in [2.45, 2.75) is 25.8 Å². The summed E-state index contributed by atoms with van der Waals surface area (Å²) in [6, 6.07) is 2.55. The van der Waals surface area contributed by atoms with Gasteiger partial charge in [-0.3, -0.25) is 0 Å². The number of pyridine rings is 1. The molecule has 1 atom stereocenters. The molecule has 94 valence electrons. The van der Waals surface area contributed by atoms with Crippen LogP contribution in [0, 0.1) is 6.92 Å². The minimum absolute atomic E-state index is 0.559. The van der Waals surface area contributed by atoms with Gasteiger partial charge in [0.25, 0.3) is 0 Å². The maximum atomic E-state index is 5.74. The van der Waals surface area contributed by atoms with E-state index in [4.69, 9.17) is 5.73 Å². The Bertz CT molecular complexity index is 391. The lowest BCUT2D eigenvalue weighted by molar-refractivity contribution is 0.247. The van der Waals surface area contributed by atoms with Gasteiger partial charge in [-0.05, 0) is 45.0 Å². The van der Waals surface area contributed by atoms with E-state index in [-0.39, 0.29) is 0 Å². The smallest absolute Gasteiger partial charge is 0.131 e. The third-order valence-electron chi connectivity index (χ3n) is 3.55. The number of aromatic nitrogens is 1. The summed E-state index contributed by atoms with van der Waals surface area (Å²) < 4.78 is 0. The van der Waals surface area contributed by atoms with Gasteiger partial charge >= 0.3 is 0 Å². The van der Waals surface area contributed by atoms with E-state index >= 15 is 0 Å². The second-order valence-electron chi connectivity index (χ2n) is 5.08. The van der Waals surface area contributed by atoms with E-state index in [1.54, 1.807) is 6.20 Å². The summed E-state index contributed by atoms with van der Waals surface area (Å²) in [4.78, 5) is 9.14. The zero-order chi connectivity index (χ0) is 12.4. The van der Waals surface area contributed by atoms with Gasteiger partial charge in [0, 0.05) is 19.6 Å². The SMILES string of the molecule is Cc1cc(N)cnc1N(C)C1CCCN(C)C1. The van der Waals surface area contributed by atoms with Crippen molar-refractivity contribution in [2.75, 3.05) is 37.8 Å². The van der Waals surface area contributed by atoms with E-state index in [9.17, 15) is 0 Å². The molecule has 17 heavy (non-hydrogen) atoms. The van der Waals surface area contributed by atoms with Gasteiger partial charge in [0.2, 0.25) is 0 Å². The standard InChI is InChI=1S/C13H22N4/c1-10-7-11(14)8-15-13(10)17(3)12-5-4-6-16(2)9-12/h7-8,12H,4-6,9,14H2,1-3H3. The molecule has 1 aliphatic heterocycles. The molecular weight excluding hydrogens is 212 g/mol. The van der Waals surface area contributed by atoms with Crippen LogP contribution in [0.4, 0.5) is 11.5 Å². The molecule has 1 aliphatic rings. The third-order valence-corrected chi connectivity index (χ3v) is 3.55. The number of aryl methyl sites for hydroxylation is 1. The van der Waals surface area contributed by atoms with Crippen LogP contribution in [0.15, 0.2) is 12.3 Å². The first kappa shape index (κ1) is 12.2. The van der Waals surface area contributed by atoms with Gasteiger partial charge in [-0.25, -0.2) is 4.98 Å². The van der Waals surface area contributed by atoms with Gasteiger partial charge < -0.3 is 15.5 Å². The molecule has 0 saturated carbocycles. The number of hydrogen-bond donors (Lipinski definition) is 1. The first-order chi connectivity index (χ1) is 8.08. The molecule has 2 rings (SSSR count). The fourth-order valence-corrected chi connectivity index (χ4v) is 2.59. The van der Waals surface area contributed by atoms with Crippen LogP contribution in [-0.2, 0) is 0 Å². The molecule has 2 heterocycles. The number of piperidine rings is 1. The highest BCUT2D eigenvalue weighted by Gasteiger charge is 2.22. The van der Waals surface area contributed by atoms with Gasteiger partial charge in [0.1, 0.15) is 5.82 Å². The lowest BCUT2D eigenvalue weighted by Gasteiger charge is -2.37. The Morgan fingerprint density at radius 3 is 2.94 bits per heavy atom. The average Bonchev–Trinajstić information content (AvgIpc) is 2.28. The summed E-state index contributed by atoms with van der Waals surface area (Å²) in [5.74, 6) is 1.06. The molecular formula is C13H22N4. The molecule has 1 unspecified atom stereocenters. The first-order valence-corrected chi connectivity index (χ1v) is 6.21. The summed E-state index contributed by atoms with van der Waals surface area (Å²) in [5.41, 5.74) is 7.63. The number of hydrogen-bond acceptors (Lipinski definition) is 4. The van der Waals surface area contributed by atoms with E-state index in [2.05, 4.69) is 35.8 Å². The number of likely N-dealkylation sites (tertiary alicyclic amines) is 1. The quantitative estimate of drug-likeness (QED) is 0.842. The lowest BCUT2D eigenvalue weighted by atomic mass is 10.0. The molecule has 1 aromatic heterocycles.